The van der Waals surface area contributed by atoms with Crippen LogP contribution in [-0.2, 0) is 6.18 Å². The normalized spacial score (nSPS) is 11.2. The van der Waals surface area contributed by atoms with Crippen molar-refractivity contribution in [1.82, 2.24) is 9.97 Å². The van der Waals surface area contributed by atoms with Crippen LogP contribution in [0.1, 0.15) is 5.56 Å². The Labute approximate surface area is 117 Å². The molecular weight excluding hydrogens is 295 g/mol. The van der Waals surface area contributed by atoms with Crippen LogP contribution in [0.5, 0.6) is 5.75 Å². The number of methoxy groups -OCH3 is 1. The second-order valence-electron chi connectivity index (χ2n) is 3.72. The van der Waals surface area contributed by atoms with Crippen molar-refractivity contribution < 1.29 is 17.9 Å². The number of hydrogen-bond donors (Lipinski definition) is 1. The van der Waals surface area contributed by atoms with Gasteiger partial charge in [-0.1, -0.05) is 12.1 Å². The van der Waals surface area contributed by atoms with Crippen molar-refractivity contribution in [3.63, 3.8) is 0 Å². The molecule has 0 fully saturated rings. The molecule has 1 N–H and O–H groups in total. The summed E-state index contributed by atoms with van der Waals surface area (Å²) < 4.78 is 43.7. The molecule has 0 amide bonds. The molecule has 2 rings (SSSR count). The van der Waals surface area contributed by atoms with E-state index in [-0.39, 0.29) is 5.28 Å². The van der Waals surface area contributed by atoms with Crippen molar-refractivity contribution in [3.05, 3.63) is 41.3 Å². The van der Waals surface area contributed by atoms with Gasteiger partial charge in [0.25, 0.3) is 0 Å². The van der Waals surface area contributed by atoms with Gasteiger partial charge in [0.15, 0.2) is 0 Å². The van der Waals surface area contributed by atoms with E-state index in [4.69, 9.17) is 16.3 Å². The van der Waals surface area contributed by atoms with Gasteiger partial charge in [-0.2, -0.15) is 18.2 Å². The molecule has 2 aromatic rings. The molecule has 0 aliphatic heterocycles. The molecule has 0 atom stereocenters. The van der Waals surface area contributed by atoms with Gasteiger partial charge >= 0.3 is 6.18 Å². The number of ether oxygens (including phenoxy) is 1. The van der Waals surface area contributed by atoms with Crippen molar-refractivity contribution in [2.24, 2.45) is 0 Å². The van der Waals surface area contributed by atoms with E-state index in [0.29, 0.717) is 17.6 Å². The van der Waals surface area contributed by atoms with Crippen molar-refractivity contribution in [2.45, 2.75) is 6.18 Å². The zero-order chi connectivity index (χ0) is 14.8. The summed E-state index contributed by atoms with van der Waals surface area (Å²) in [4.78, 5) is 6.93. The summed E-state index contributed by atoms with van der Waals surface area (Å²) in [6, 6.07) is 6.52. The van der Waals surface area contributed by atoms with Crippen LogP contribution in [0.4, 0.5) is 24.7 Å². The Hall–Kier alpha value is -2.02. The molecule has 4 nitrogen and oxygen atoms in total. The first-order valence-electron chi connectivity index (χ1n) is 5.41. The lowest BCUT2D eigenvalue weighted by Gasteiger charge is -2.14. The van der Waals surface area contributed by atoms with Crippen molar-refractivity contribution in [1.29, 1.82) is 0 Å². The molecule has 0 bridgehead atoms. The van der Waals surface area contributed by atoms with Gasteiger partial charge in [0.05, 0.1) is 12.8 Å². The topological polar surface area (TPSA) is 47.0 Å². The molecule has 0 spiro atoms. The minimum absolute atomic E-state index is 0.282. The monoisotopic (exact) mass is 303 g/mol. The predicted octanol–water partition coefficient (Wildman–Crippen LogP) is 3.90. The van der Waals surface area contributed by atoms with Crippen LogP contribution in [0, 0.1) is 0 Å². The van der Waals surface area contributed by atoms with Gasteiger partial charge in [-0.15, -0.1) is 0 Å². The predicted molar refractivity (Wildman–Crippen MR) is 68.3 cm³/mol. The highest BCUT2D eigenvalue weighted by atomic mass is 35.5. The minimum atomic E-state index is -4.59. The summed E-state index contributed by atoms with van der Waals surface area (Å²) in [5.74, 6) is -0.0441. The Kier molecular flexibility index (Phi) is 3.99. The maximum Gasteiger partial charge on any atom is 0.421 e. The third-order valence-corrected chi connectivity index (χ3v) is 2.61. The summed E-state index contributed by atoms with van der Waals surface area (Å²) >= 11 is 5.55. The lowest BCUT2D eigenvalue weighted by molar-refractivity contribution is -0.137. The molecule has 0 saturated carbocycles. The molecule has 8 heteroatoms. The summed E-state index contributed by atoms with van der Waals surface area (Å²) in [7, 11) is 1.41. The van der Waals surface area contributed by atoms with Gasteiger partial charge in [-0.3, -0.25) is 0 Å². The van der Waals surface area contributed by atoms with Gasteiger partial charge in [-0.25, -0.2) is 4.98 Å². The van der Waals surface area contributed by atoms with Crippen LogP contribution in [-0.4, -0.2) is 17.1 Å². The van der Waals surface area contributed by atoms with Crippen LogP contribution in [0.25, 0.3) is 0 Å². The smallest absolute Gasteiger partial charge is 0.421 e. The average molecular weight is 304 g/mol. The maximum atomic E-state index is 12.9. The number of aromatic nitrogens is 2. The molecule has 1 aromatic carbocycles. The highest BCUT2D eigenvalue weighted by Gasteiger charge is 2.35. The zero-order valence-electron chi connectivity index (χ0n) is 10.2. The summed E-state index contributed by atoms with van der Waals surface area (Å²) in [5, 5.41) is 2.28. The van der Waals surface area contributed by atoms with Crippen LogP contribution < -0.4 is 10.1 Å². The van der Waals surface area contributed by atoms with E-state index in [9.17, 15) is 13.2 Å². The molecule has 0 radical (unpaired) electrons. The number of nitrogens with zero attached hydrogens (tertiary/aromatic N) is 2. The first-order valence-corrected chi connectivity index (χ1v) is 5.79. The second-order valence-corrected chi connectivity index (χ2v) is 4.06. The Balaban J connectivity index is 2.45. The Morgan fingerprint density at radius 3 is 2.60 bits per heavy atom. The quantitative estimate of drug-likeness (QED) is 0.874. The third-order valence-electron chi connectivity index (χ3n) is 2.42. The Morgan fingerprint density at radius 2 is 1.95 bits per heavy atom. The number of alkyl halides is 3. The van der Waals surface area contributed by atoms with Gasteiger partial charge in [-0.05, 0) is 23.7 Å². The molecule has 1 aromatic heterocycles. The number of rotatable bonds is 3. The fraction of sp³-hybridized carbons (Fsp3) is 0.167. The van der Waals surface area contributed by atoms with E-state index in [2.05, 4.69) is 15.3 Å². The zero-order valence-corrected chi connectivity index (χ0v) is 11.0. The van der Waals surface area contributed by atoms with E-state index in [1.165, 1.54) is 7.11 Å². The number of anilines is 2. The fourth-order valence-corrected chi connectivity index (χ4v) is 1.67. The molecule has 0 unspecified atom stereocenters. The van der Waals surface area contributed by atoms with Crippen molar-refractivity contribution in [2.75, 3.05) is 12.4 Å². The average Bonchev–Trinajstić information content (AvgIpc) is 2.38. The van der Waals surface area contributed by atoms with Gasteiger partial charge in [0.1, 0.15) is 17.1 Å². The van der Waals surface area contributed by atoms with Crippen molar-refractivity contribution >= 4 is 23.1 Å². The van der Waals surface area contributed by atoms with E-state index < -0.39 is 17.6 Å². The maximum absolute atomic E-state index is 12.9. The number of benzene rings is 1. The van der Waals surface area contributed by atoms with E-state index in [0.717, 1.165) is 0 Å². The summed E-state index contributed by atoms with van der Waals surface area (Å²) in [5.41, 5.74) is -0.664. The number of hydrogen-bond acceptors (Lipinski definition) is 4. The standard InChI is InChI=1S/C12H9ClF3N3O/c1-20-9-5-3-2-4-8(9)18-10-7(12(14,15)16)6-17-11(13)19-10/h2-6H,1H3,(H,17,18,19). The van der Waals surface area contributed by atoms with Gasteiger partial charge in [0, 0.05) is 6.20 Å². The Morgan fingerprint density at radius 1 is 1.25 bits per heavy atom. The molecule has 106 valence electrons. The van der Waals surface area contributed by atoms with Crippen LogP contribution in [0.15, 0.2) is 30.5 Å². The number of halogens is 4. The molecular formula is C12H9ClF3N3O. The van der Waals surface area contributed by atoms with E-state index in [1.807, 2.05) is 0 Å². The first kappa shape index (κ1) is 14.4. The highest BCUT2D eigenvalue weighted by molar-refractivity contribution is 6.28. The lowest BCUT2D eigenvalue weighted by Crippen LogP contribution is -2.11. The van der Waals surface area contributed by atoms with Crippen molar-refractivity contribution in [3.8, 4) is 5.75 Å². The highest BCUT2D eigenvalue weighted by Crippen LogP contribution is 2.36. The minimum Gasteiger partial charge on any atom is -0.495 e. The SMILES string of the molecule is COc1ccccc1Nc1nc(Cl)ncc1C(F)(F)F. The van der Waals surface area contributed by atoms with Crippen LogP contribution in [0.3, 0.4) is 0 Å². The van der Waals surface area contributed by atoms with Crippen LogP contribution >= 0.6 is 11.6 Å². The largest absolute Gasteiger partial charge is 0.495 e. The first-order chi connectivity index (χ1) is 9.41. The van der Waals surface area contributed by atoms with Gasteiger partial charge in [0.2, 0.25) is 5.28 Å². The summed E-state index contributed by atoms with van der Waals surface area (Å²) in [6.45, 7) is 0. The number of para-hydroxylation sites is 2. The summed E-state index contributed by atoms with van der Waals surface area (Å²) in [6.07, 6.45) is -3.96. The fourth-order valence-electron chi connectivity index (χ4n) is 1.54. The molecule has 0 aliphatic rings. The molecule has 0 saturated heterocycles. The number of nitrogens with one attached hydrogen (secondary N) is 1. The van der Waals surface area contributed by atoms with E-state index in [1.54, 1.807) is 24.3 Å². The lowest BCUT2D eigenvalue weighted by atomic mass is 10.2. The van der Waals surface area contributed by atoms with Crippen LogP contribution in [0.2, 0.25) is 5.28 Å². The van der Waals surface area contributed by atoms with E-state index >= 15 is 0 Å². The third kappa shape index (κ3) is 3.11. The molecule has 1 heterocycles. The van der Waals surface area contributed by atoms with Gasteiger partial charge < -0.3 is 10.1 Å². The molecule has 20 heavy (non-hydrogen) atoms. The Bertz CT molecular complexity index is 619. The second kappa shape index (κ2) is 5.54. The molecule has 0 aliphatic carbocycles.